The lowest BCUT2D eigenvalue weighted by Crippen LogP contribution is -2.21. The van der Waals surface area contributed by atoms with Crippen molar-refractivity contribution in [3.63, 3.8) is 0 Å². The van der Waals surface area contributed by atoms with Gasteiger partial charge in [0.05, 0.1) is 12.7 Å². The summed E-state index contributed by atoms with van der Waals surface area (Å²) in [5.74, 6) is -0.0951. The highest BCUT2D eigenvalue weighted by atomic mass is 19.4. The number of nitrogens with one attached hydrogen (secondary N) is 1. The number of hydrogen-bond acceptors (Lipinski definition) is 2. The Hall–Kier alpha value is -1.46. The van der Waals surface area contributed by atoms with Gasteiger partial charge in [0.2, 0.25) is 0 Å². The Morgan fingerprint density at radius 2 is 2.00 bits per heavy atom. The van der Waals surface area contributed by atoms with Crippen LogP contribution in [0.1, 0.15) is 5.56 Å². The average molecular weight is 206 g/mol. The lowest BCUT2D eigenvalue weighted by Gasteiger charge is -2.11. The number of nitrogens with zero attached hydrogens (tertiary/aromatic N) is 1. The van der Waals surface area contributed by atoms with E-state index in [0.29, 0.717) is 0 Å². The molecule has 0 aliphatic carbocycles. The topological polar surface area (TPSA) is 38.0 Å². The molecular weight excluding hydrogens is 197 g/mol. The molecule has 3 nitrogen and oxygen atoms in total. The fourth-order valence-corrected chi connectivity index (χ4v) is 1.00. The molecule has 0 bridgehead atoms. The van der Waals surface area contributed by atoms with E-state index < -0.39 is 11.7 Å². The minimum atomic E-state index is -4.42. The molecule has 0 fully saturated rings. The first-order valence-corrected chi connectivity index (χ1v) is 3.72. The molecule has 0 atom stereocenters. The summed E-state index contributed by atoms with van der Waals surface area (Å²) in [5.41, 5.74) is -0.923. The third kappa shape index (κ3) is 1.89. The average Bonchev–Trinajstić information content (AvgIpc) is 2.07. The van der Waals surface area contributed by atoms with Gasteiger partial charge in [0.25, 0.3) is 0 Å². The molecule has 0 aromatic carbocycles. The molecule has 0 spiro atoms. The quantitative estimate of drug-likeness (QED) is 0.743. The highest BCUT2D eigenvalue weighted by Gasteiger charge is 2.31. The van der Waals surface area contributed by atoms with Crippen molar-refractivity contribution in [1.82, 2.24) is 4.57 Å². The van der Waals surface area contributed by atoms with Crippen LogP contribution in [0.25, 0.3) is 0 Å². The molecule has 1 aromatic heterocycles. The van der Waals surface area contributed by atoms with Crippen molar-refractivity contribution in [3.05, 3.63) is 23.3 Å². The second-order valence-corrected chi connectivity index (χ2v) is 2.75. The van der Waals surface area contributed by atoms with Gasteiger partial charge in [-0.25, -0.2) is 0 Å². The Bertz CT molecular complexity index is 395. The maximum atomic E-state index is 12.3. The summed E-state index contributed by atoms with van der Waals surface area (Å²) in [6.07, 6.45) is -3.57. The molecule has 0 unspecified atom stereocenters. The van der Waals surface area contributed by atoms with Gasteiger partial charge >= 0.3 is 6.18 Å². The van der Waals surface area contributed by atoms with E-state index in [0.717, 1.165) is 16.8 Å². The second kappa shape index (κ2) is 3.36. The van der Waals surface area contributed by atoms with Crippen molar-refractivity contribution < 1.29 is 17.9 Å². The number of aryl methyl sites for hydroxylation is 1. The Morgan fingerprint density at radius 3 is 2.43 bits per heavy atom. The number of halogens is 3. The van der Waals surface area contributed by atoms with Crippen LogP contribution in [0.2, 0.25) is 0 Å². The zero-order valence-corrected chi connectivity index (χ0v) is 7.64. The molecule has 0 amide bonds. The Labute approximate surface area is 78.3 Å². The fraction of sp³-hybridized carbons (Fsp3) is 0.375. The van der Waals surface area contributed by atoms with Gasteiger partial charge in [0.15, 0.2) is 11.2 Å². The van der Waals surface area contributed by atoms with Gasteiger partial charge in [-0.05, 0) is 6.07 Å². The van der Waals surface area contributed by atoms with E-state index in [2.05, 4.69) is 4.74 Å². The van der Waals surface area contributed by atoms with Crippen molar-refractivity contribution in [2.45, 2.75) is 6.18 Å². The van der Waals surface area contributed by atoms with E-state index in [1.165, 1.54) is 14.2 Å². The second-order valence-electron chi connectivity index (χ2n) is 2.75. The first kappa shape index (κ1) is 10.6. The van der Waals surface area contributed by atoms with Crippen molar-refractivity contribution in [3.8, 4) is 5.75 Å². The summed E-state index contributed by atoms with van der Waals surface area (Å²) in [6.45, 7) is 0. The third-order valence-corrected chi connectivity index (χ3v) is 1.75. The molecular formula is C8H9F3N2O. The molecule has 0 saturated heterocycles. The zero-order chi connectivity index (χ0) is 10.9. The SMILES string of the molecule is COc1cc(C(F)(F)F)cn(C)c1=N. The summed E-state index contributed by atoms with van der Waals surface area (Å²) in [6, 6.07) is 0.808. The first-order valence-electron chi connectivity index (χ1n) is 3.72. The van der Waals surface area contributed by atoms with Gasteiger partial charge in [-0.1, -0.05) is 0 Å². The zero-order valence-electron chi connectivity index (χ0n) is 7.64. The van der Waals surface area contributed by atoms with Crippen molar-refractivity contribution in [2.75, 3.05) is 7.11 Å². The number of hydrogen-bond donors (Lipinski definition) is 1. The minimum Gasteiger partial charge on any atom is -0.493 e. The van der Waals surface area contributed by atoms with Gasteiger partial charge < -0.3 is 9.30 Å². The number of methoxy groups -OCH3 is 1. The molecule has 1 N–H and O–H groups in total. The van der Waals surface area contributed by atoms with Gasteiger partial charge in [-0.2, -0.15) is 13.2 Å². The maximum absolute atomic E-state index is 12.3. The van der Waals surface area contributed by atoms with E-state index in [-0.39, 0.29) is 11.2 Å². The number of alkyl halides is 3. The summed E-state index contributed by atoms with van der Waals surface area (Å²) in [7, 11) is 2.59. The molecule has 1 rings (SSSR count). The number of aromatic nitrogens is 1. The van der Waals surface area contributed by atoms with Crippen LogP contribution in [0.3, 0.4) is 0 Å². The molecule has 1 aromatic rings. The van der Waals surface area contributed by atoms with E-state index in [4.69, 9.17) is 5.41 Å². The van der Waals surface area contributed by atoms with Crippen LogP contribution in [0.5, 0.6) is 5.75 Å². The van der Waals surface area contributed by atoms with Crippen LogP contribution in [0.15, 0.2) is 12.3 Å². The summed E-state index contributed by atoms with van der Waals surface area (Å²) in [4.78, 5) is 0. The molecule has 0 radical (unpaired) electrons. The monoisotopic (exact) mass is 206 g/mol. The van der Waals surface area contributed by atoms with E-state index >= 15 is 0 Å². The fourth-order valence-electron chi connectivity index (χ4n) is 1.00. The number of pyridine rings is 1. The molecule has 14 heavy (non-hydrogen) atoms. The molecule has 0 saturated carbocycles. The lowest BCUT2D eigenvalue weighted by molar-refractivity contribution is -0.138. The molecule has 78 valence electrons. The minimum absolute atomic E-state index is 0.0951. The van der Waals surface area contributed by atoms with Crippen LogP contribution < -0.4 is 10.2 Å². The van der Waals surface area contributed by atoms with Crippen molar-refractivity contribution in [2.24, 2.45) is 7.05 Å². The Morgan fingerprint density at radius 1 is 1.43 bits per heavy atom. The predicted molar refractivity (Wildman–Crippen MR) is 42.8 cm³/mol. The highest BCUT2D eigenvalue weighted by Crippen LogP contribution is 2.29. The summed E-state index contributed by atoms with van der Waals surface area (Å²) >= 11 is 0. The maximum Gasteiger partial charge on any atom is 0.417 e. The first-order chi connectivity index (χ1) is 6.36. The summed E-state index contributed by atoms with van der Waals surface area (Å²) in [5, 5.41) is 7.37. The van der Waals surface area contributed by atoms with Gasteiger partial charge in [0.1, 0.15) is 0 Å². The largest absolute Gasteiger partial charge is 0.493 e. The van der Waals surface area contributed by atoms with E-state index in [1.54, 1.807) is 0 Å². The van der Waals surface area contributed by atoms with Gasteiger partial charge in [-0.3, -0.25) is 5.41 Å². The summed E-state index contributed by atoms with van der Waals surface area (Å²) < 4.78 is 42.6. The van der Waals surface area contributed by atoms with Gasteiger partial charge in [0, 0.05) is 13.2 Å². The molecule has 6 heteroatoms. The van der Waals surface area contributed by atoms with Crippen LogP contribution >= 0.6 is 0 Å². The molecule has 0 aliphatic rings. The van der Waals surface area contributed by atoms with E-state index in [1.807, 2.05) is 0 Å². The Balaban J connectivity index is 3.38. The normalized spacial score (nSPS) is 11.5. The third-order valence-electron chi connectivity index (χ3n) is 1.75. The molecule has 1 heterocycles. The standard InChI is InChI=1S/C8H9F3N2O/c1-13-4-5(8(9,10)11)3-6(14-2)7(13)12/h3-4,12H,1-2H3. The Kier molecular flexibility index (Phi) is 2.55. The molecule has 0 aliphatic heterocycles. The number of rotatable bonds is 1. The van der Waals surface area contributed by atoms with Crippen LogP contribution in [-0.2, 0) is 13.2 Å². The lowest BCUT2D eigenvalue weighted by atomic mass is 10.2. The van der Waals surface area contributed by atoms with Crippen LogP contribution in [0, 0.1) is 5.41 Å². The van der Waals surface area contributed by atoms with E-state index in [9.17, 15) is 13.2 Å². The van der Waals surface area contributed by atoms with Crippen molar-refractivity contribution in [1.29, 1.82) is 5.41 Å². The van der Waals surface area contributed by atoms with Gasteiger partial charge in [-0.15, -0.1) is 0 Å². The van der Waals surface area contributed by atoms with Crippen LogP contribution in [-0.4, -0.2) is 11.7 Å². The predicted octanol–water partition coefficient (Wildman–Crippen LogP) is 1.53. The number of ether oxygens (including phenoxy) is 1. The van der Waals surface area contributed by atoms with Crippen LogP contribution in [0.4, 0.5) is 13.2 Å². The van der Waals surface area contributed by atoms with Crippen molar-refractivity contribution >= 4 is 0 Å². The highest BCUT2D eigenvalue weighted by molar-refractivity contribution is 5.25. The smallest absolute Gasteiger partial charge is 0.417 e.